The van der Waals surface area contributed by atoms with Crippen LogP contribution in [0.2, 0.25) is 0 Å². The first kappa shape index (κ1) is 14.6. The number of ether oxygens (including phenoxy) is 2. The molecule has 1 atom stereocenters. The number of piperazine rings is 1. The molecule has 1 aliphatic rings. The average molecular weight is 329 g/mol. The van der Waals surface area contributed by atoms with Crippen molar-refractivity contribution in [2.24, 2.45) is 0 Å². The van der Waals surface area contributed by atoms with Crippen molar-refractivity contribution in [1.29, 1.82) is 0 Å². The molecule has 1 saturated heterocycles. The van der Waals surface area contributed by atoms with E-state index in [1.807, 2.05) is 6.07 Å². The molecule has 0 aliphatic carbocycles. The van der Waals surface area contributed by atoms with Gasteiger partial charge in [0.25, 0.3) is 0 Å². The number of hydrogen-bond acceptors (Lipinski definition) is 4. The summed E-state index contributed by atoms with van der Waals surface area (Å²) < 4.78 is 11.7. The van der Waals surface area contributed by atoms with Crippen LogP contribution in [0.3, 0.4) is 0 Å². The number of benzene rings is 1. The molecule has 0 unspecified atom stereocenters. The zero-order chi connectivity index (χ0) is 13.8. The second-order valence-corrected chi connectivity index (χ2v) is 5.59. The fourth-order valence-corrected chi connectivity index (χ4v) is 3.00. The van der Waals surface area contributed by atoms with Crippen molar-refractivity contribution in [1.82, 2.24) is 10.2 Å². The summed E-state index contributed by atoms with van der Waals surface area (Å²) in [4.78, 5) is 2.47. The molecule has 106 valence electrons. The lowest BCUT2D eigenvalue weighted by molar-refractivity contribution is 0.165. The Bertz CT molecular complexity index is 440. The van der Waals surface area contributed by atoms with Crippen molar-refractivity contribution >= 4 is 15.9 Å². The second kappa shape index (κ2) is 6.59. The molecule has 0 saturated carbocycles. The summed E-state index contributed by atoms with van der Waals surface area (Å²) >= 11 is 3.63. The fraction of sp³-hybridized carbons (Fsp3) is 0.571. The molecular weight excluding hydrogens is 308 g/mol. The van der Waals surface area contributed by atoms with Crippen molar-refractivity contribution < 1.29 is 9.47 Å². The van der Waals surface area contributed by atoms with Gasteiger partial charge < -0.3 is 14.8 Å². The van der Waals surface area contributed by atoms with Gasteiger partial charge in [0.1, 0.15) is 0 Å². The molecule has 5 heteroatoms. The molecule has 1 heterocycles. The van der Waals surface area contributed by atoms with Gasteiger partial charge in [-0.3, -0.25) is 4.90 Å². The maximum Gasteiger partial charge on any atom is 0.175 e. The highest BCUT2D eigenvalue weighted by atomic mass is 79.9. The summed E-state index contributed by atoms with van der Waals surface area (Å²) in [6.07, 6.45) is 0. The Hall–Kier alpha value is -0.780. The topological polar surface area (TPSA) is 33.7 Å². The Balaban J connectivity index is 2.20. The quantitative estimate of drug-likeness (QED) is 0.919. The first-order valence-corrected chi connectivity index (χ1v) is 7.30. The first-order chi connectivity index (χ1) is 9.17. The monoisotopic (exact) mass is 328 g/mol. The SMILES string of the molecule is COc1ccc(CN2CCNC[C@@H]2C)c(Br)c1OC. The van der Waals surface area contributed by atoms with E-state index in [-0.39, 0.29) is 0 Å². The summed E-state index contributed by atoms with van der Waals surface area (Å²) in [5.41, 5.74) is 1.23. The molecule has 0 bridgehead atoms. The number of hydrogen-bond donors (Lipinski definition) is 1. The van der Waals surface area contributed by atoms with E-state index in [0.717, 1.165) is 42.2 Å². The van der Waals surface area contributed by atoms with Gasteiger partial charge in [-0.2, -0.15) is 0 Å². The van der Waals surface area contributed by atoms with E-state index in [1.165, 1.54) is 5.56 Å². The summed E-state index contributed by atoms with van der Waals surface area (Å²) in [5.74, 6) is 1.52. The predicted molar refractivity (Wildman–Crippen MR) is 80.0 cm³/mol. The minimum atomic E-state index is 0.550. The van der Waals surface area contributed by atoms with E-state index < -0.39 is 0 Å². The van der Waals surface area contributed by atoms with E-state index in [9.17, 15) is 0 Å². The molecule has 0 amide bonds. The van der Waals surface area contributed by atoms with Gasteiger partial charge in [-0.1, -0.05) is 6.07 Å². The predicted octanol–water partition coefficient (Wildman–Crippen LogP) is 2.26. The van der Waals surface area contributed by atoms with Crippen LogP contribution in [0.15, 0.2) is 16.6 Å². The lowest BCUT2D eigenvalue weighted by atomic mass is 10.1. The molecule has 2 rings (SSSR count). The number of halogens is 1. The zero-order valence-electron chi connectivity index (χ0n) is 11.7. The van der Waals surface area contributed by atoms with E-state index in [0.29, 0.717) is 6.04 Å². The standard InChI is InChI=1S/C14H21BrN2O2/c1-10-8-16-6-7-17(10)9-11-4-5-12(18-2)14(19-3)13(11)15/h4-5,10,16H,6-9H2,1-3H3/t10-/m0/s1. The lowest BCUT2D eigenvalue weighted by Crippen LogP contribution is -2.49. The van der Waals surface area contributed by atoms with E-state index in [4.69, 9.17) is 9.47 Å². The third-order valence-electron chi connectivity index (χ3n) is 3.58. The number of nitrogens with zero attached hydrogens (tertiary/aromatic N) is 1. The van der Waals surface area contributed by atoms with Crippen LogP contribution in [0.5, 0.6) is 11.5 Å². The van der Waals surface area contributed by atoms with Crippen LogP contribution >= 0.6 is 15.9 Å². The highest BCUT2D eigenvalue weighted by Crippen LogP contribution is 2.38. The highest BCUT2D eigenvalue weighted by molar-refractivity contribution is 9.10. The molecule has 0 radical (unpaired) electrons. The largest absolute Gasteiger partial charge is 0.493 e. The number of rotatable bonds is 4. The molecule has 0 spiro atoms. The average Bonchev–Trinajstić information content (AvgIpc) is 2.43. The molecule has 1 aliphatic heterocycles. The fourth-order valence-electron chi connectivity index (χ4n) is 2.39. The van der Waals surface area contributed by atoms with E-state index in [2.05, 4.69) is 39.1 Å². The van der Waals surface area contributed by atoms with Gasteiger partial charge in [0.15, 0.2) is 11.5 Å². The van der Waals surface area contributed by atoms with Crippen LogP contribution in [0.1, 0.15) is 12.5 Å². The molecule has 4 nitrogen and oxygen atoms in total. The van der Waals surface area contributed by atoms with Crippen LogP contribution in [0.25, 0.3) is 0 Å². The zero-order valence-corrected chi connectivity index (χ0v) is 13.3. The van der Waals surface area contributed by atoms with Gasteiger partial charge in [0.05, 0.1) is 18.7 Å². The molecule has 1 aromatic rings. The van der Waals surface area contributed by atoms with Crippen molar-refractivity contribution in [3.8, 4) is 11.5 Å². The maximum atomic E-state index is 5.42. The Labute approximate surface area is 123 Å². The minimum absolute atomic E-state index is 0.550. The summed E-state index contributed by atoms with van der Waals surface area (Å²) in [6.45, 7) is 6.34. The van der Waals surface area contributed by atoms with Gasteiger partial charge in [-0.25, -0.2) is 0 Å². The van der Waals surface area contributed by atoms with Crippen molar-refractivity contribution in [2.75, 3.05) is 33.9 Å². The van der Waals surface area contributed by atoms with Crippen LogP contribution in [-0.4, -0.2) is 44.8 Å². The second-order valence-electron chi connectivity index (χ2n) is 4.80. The molecule has 1 N–H and O–H groups in total. The van der Waals surface area contributed by atoms with Gasteiger partial charge >= 0.3 is 0 Å². The highest BCUT2D eigenvalue weighted by Gasteiger charge is 2.20. The third-order valence-corrected chi connectivity index (χ3v) is 4.45. The van der Waals surface area contributed by atoms with Crippen molar-refractivity contribution in [3.05, 3.63) is 22.2 Å². The summed E-state index contributed by atoms with van der Waals surface area (Å²) in [5, 5.41) is 3.41. The molecule has 1 fully saturated rings. The normalized spacial score (nSPS) is 20.3. The lowest BCUT2D eigenvalue weighted by Gasteiger charge is -2.34. The minimum Gasteiger partial charge on any atom is -0.493 e. The van der Waals surface area contributed by atoms with Gasteiger partial charge in [0.2, 0.25) is 0 Å². The molecule has 0 aromatic heterocycles. The first-order valence-electron chi connectivity index (χ1n) is 6.51. The molecule has 19 heavy (non-hydrogen) atoms. The maximum absolute atomic E-state index is 5.42. The third kappa shape index (κ3) is 3.22. The molecule has 1 aromatic carbocycles. The van der Waals surface area contributed by atoms with Gasteiger partial charge in [-0.15, -0.1) is 0 Å². The Kier molecular flexibility index (Phi) is 5.07. The van der Waals surface area contributed by atoms with E-state index >= 15 is 0 Å². The van der Waals surface area contributed by atoms with Gasteiger partial charge in [-0.05, 0) is 34.5 Å². The van der Waals surface area contributed by atoms with Crippen LogP contribution in [0.4, 0.5) is 0 Å². The summed E-state index contributed by atoms with van der Waals surface area (Å²) in [7, 11) is 3.32. The Morgan fingerprint density at radius 2 is 2.16 bits per heavy atom. The smallest absolute Gasteiger partial charge is 0.175 e. The van der Waals surface area contributed by atoms with Crippen LogP contribution in [-0.2, 0) is 6.54 Å². The van der Waals surface area contributed by atoms with Crippen molar-refractivity contribution in [3.63, 3.8) is 0 Å². The van der Waals surface area contributed by atoms with E-state index in [1.54, 1.807) is 14.2 Å². The van der Waals surface area contributed by atoms with Crippen molar-refractivity contribution in [2.45, 2.75) is 19.5 Å². The van der Waals surface area contributed by atoms with Crippen LogP contribution in [0, 0.1) is 0 Å². The Morgan fingerprint density at radius 1 is 1.37 bits per heavy atom. The van der Waals surface area contributed by atoms with Gasteiger partial charge in [0, 0.05) is 32.2 Å². The Morgan fingerprint density at radius 3 is 2.79 bits per heavy atom. The number of methoxy groups -OCH3 is 2. The summed E-state index contributed by atoms with van der Waals surface area (Å²) in [6, 6.07) is 4.61. The number of nitrogens with one attached hydrogen (secondary N) is 1. The molecular formula is C14H21BrN2O2. The van der Waals surface area contributed by atoms with Crippen LogP contribution < -0.4 is 14.8 Å².